The summed E-state index contributed by atoms with van der Waals surface area (Å²) < 4.78 is 5.09. The molecule has 3 nitrogen and oxygen atoms in total. The van der Waals surface area contributed by atoms with E-state index in [-0.39, 0.29) is 0 Å². The second-order valence-corrected chi connectivity index (χ2v) is 3.30. The Morgan fingerprint density at radius 2 is 2.07 bits per heavy atom. The van der Waals surface area contributed by atoms with Gasteiger partial charge in [-0.05, 0) is 23.8 Å². The number of aliphatic imine (C=N–C) groups is 1. The molecule has 78 valence electrons. The van der Waals surface area contributed by atoms with Crippen molar-refractivity contribution in [3.63, 3.8) is 0 Å². The molecule has 0 fully saturated rings. The lowest BCUT2D eigenvalue weighted by molar-refractivity contribution is 0.415. The molecule has 0 bridgehead atoms. The van der Waals surface area contributed by atoms with Crippen molar-refractivity contribution in [2.24, 2.45) is 4.99 Å². The van der Waals surface area contributed by atoms with Gasteiger partial charge in [0.2, 0.25) is 0 Å². The molecule has 0 saturated heterocycles. The Bertz CT molecular complexity index is 379. The largest absolute Gasteiger partial charge is 0.497 e. The molecular weight excluding hydrogens is 188 g/mol. The van der Waals surface area contributed by atoms with E-state index in [0.29, 0.717) is 0 Å². The minimum Gasteiger partial charge on any atom is -0.497 e. The van der Waals surface area contributed by atoms with E-state index in [1.165, 1.54) is 0 Å². The van der Waals surface area contributed by atoms with Crippen LogP contribution in [0, 0.1) is 0 Å². The van der Waals surface area contributed by atoms with Gasteiger partial charge in [-0.1, -0.05) is 18.2 Å². The molecule has 1 aromatic carbocycles. The van der Waals surface area contributed by atoms with Gasteiger partial charge in [-0.2, -0.15) is 0 Å². The number of rotatable bonds is 3. The van der Waals surface area contributed by atoms with Crippen LogP contribution in [-0.4, -0.2) is 26.0 Å². The van der Waals surface area contributed by atoms with E-state index >= 15 is 0 Å². The molecule has 15 heavy (non-hydrogen) atoms. The van der Waals surface area contributed by atoms with Gasteiger partial charge in [0, 0.05) is 6.54 Å². The first-order chi connectivity index (χ1) is 7.38. The van der Waals surface area contributed by atoms with Gasteiger partial charge in [0.15, 0.2) is 0 Å². The van der Waals surface area contributed by atoms with Crippen LogP contribution in [0.4, 0.5) is 0 Å². The highest BCUT2D eigenvalue weighted by Crippen LogP contribution is 2.12. The molecule has 1 aromatic rings. The van der Waals surface area contributed by atoms with Gasteiger partial charge < -0.3 is 10.1 Å². The van der Waals surface area contributed by atoms with Gasteiger partial charge in [-0.3, -0.25) is 4.99 Å². The van der Waals surface area contributed by atoms with Crippen molar-refractivity contribution in [1.82, 2.24) is 5.32 Å². The highest BCUT2D eigenvalue weighted by Gasteiger charge is 1.99. The number of ether oxygens (including phenoxy) is 1. The third kappa shape index (κ3) is 2.59. The molecule has 0 saturated carbocycles. The van der Waals surface area contributed by atoms with Crippen LogP contribution in [0.1, 0.15) is 5.56 Å². The zero-order valence-electron chi connectivity index (χ0n) is 8.73. The van der Waals surface area contributed by atoms with E-state index in [0.717, 1.165) is 30.2 Å². The van der Waals surface area contributed by atoms with Gasteiger partial charge in [0.25, 0.3) is 0 Å². The van der Waals surface area contributed by atoms with E-state index in [4.69, 9.17) is 4.74 Å². The zero-order valence-corrected chi connectivity index (χ0v) is 8.73. The number of hydrogen-bond acceptors (Lipinski definition) is 3. The van der Waals surface area contributed by atoms with E-state index in [1.54, 1.807) is 7.11 Å². The van der Waals surface area contributed by atoms with Crippen molar-refractivity contribution in [1.29, 1.82) is 0 Å². The maximum Gasteiger partial charge on any atom is 0.120 e. The van der Waals surface area contributed by atoms with Crippen LogP contribution in [0.15, 0.2) is 35.3 Å². The molecule has 1 aliphatic heterocycles. The molecule has 0 spiro atoms. The molecule has 1 aliphatic rings. The fourth-order valence-electron chi connectivity index (χ4n) is 1.42. The molecule has 0 amide bonds. The van der Waals surface area contributed by atoms with Crippen LogP contribution in [0.5, 0.6) is 5.75 Å². The average molecular weight is 202 g/mol. The lowest BCUT2D eigenvalue weighted by atomic mass is 10.2. The highest BCUT2D eigenvalue weighted by atomic mass is 16.5. The summed E-state index contributed by atoms with van der Waals surface area (Å²) >= 11 is 0. The standard InChI is InChI=1S/C12H14N2O/c1-15-11-5-2-10(3-6-11)4-7-12-13-8-9-14-12/h2-7H,8-9H2,1H3,(H,13,14). The minimum absolute atomic E-state index is 0.877. The van der Waals surface area contributed by atoms with Crippen molar-refractivity contribution in [2.75, 3.05) is 20.2 Å². The monoisotopic (exact) mass is 202 g/mol. The number of hydrogen-bond donors (Lipinski definition) is 1. The molecule has 0 unspecified atom stereocenters. The molecule has 0 aromatic heterocycles. The molecule has 1 heterocycles. The van der Waals surface area contributed by atoms with Crippen molar-refractivity contribution in [2.45, 2.75) is 0 Å². The number of nitrogens with one attached hydrogen (secondary N) is 1. The van der Waals surface area contributed by atoms with Crippen LogP contribution in [0.25, 0.3) is 6.08 Å². The Labute approximate surface area is 89.5 Å². The number of benzene rings is 1. The van der Waals surface area contributed by atoms with Crippen LogP contribution in [0.3, 0.4) is 0 Å². The molecule has 0 atom stereocenters. The van der Waals surface area contributed by atoms with Crippen LogP contribution in [0.2, 0.25) is 0 Å². The summed E-state index contributed by atoms with van der Waals surface area (Å²) in [6, 6.07) is 7.93. The summed E-state index contributed by atoms with van der Waals surface area (Å²) in [5.74, 6) is 1.84. The van der Waals surface area contributed by atoms with Crippen molar-refractivity contribution < 1.29 is 4.74 Å². The first-order valence-electron chi connectivity index (χ1n) is 4.99. The quantitative estimate of drug-likeness (QED) is 0.809. The Balaban J connectivity index is 2.03. The Morgan fingerprint density at radius 3 is 2.67 bits per heavy atom. The lowest BCUT2D eigenvalue weighted by Gasteiger charge is -1.99. The summed E-state index contributed by atoms with van der Waals surface area (Å²) in [7, 11) is 1.67. The van der Waals surface area contributed by atoms with Crippen molar-refractivity contribution >= 4 is 11.9 Å². The van der Waals surface area contributed by atoms with Crippen LogP contribution in [-0.2, 0) is 0 Å². The molecule has 0 radical (unpaired) electrons. The van der Waals surface area contributed by atoms with Crippen LogP contribution >= 0.6 is 0 Å². The molecule has 3 heteroatoms. The predicted octanol–water partition coefficient (Wildman–Crippen LogP) is 1.71. The average Bonchev–Trinajstić information content (AvgIpc) is 2.80. The lowest BCUT2D eigenvalue weighted by Crippen LogP contribution is -2.15. The van der Waals surface area contributed by atoms with Crippen LogP contribution < -0.4 is 10.1 Å². The summed E-state index contributed by atoms with van der Waals surface area (Å²) in [6.45, 7) is 1.82. The van der Waals surface area contributed by atoms with Gasteiger partial charge in [-0.15, -0.1) is 0 Å². The summed E-state index contributed by atoms with van der Waals surface area (Å²) in [6.07, 6.45) is 4.03. The summed E-state index contributed by atoms with van der Waals surface area (Å²) in [4.78, 5) is 4.28. The van der Waals surface area contributed by atoms with E-state index < -0.39 is 0 Å². The van der Waals surface area contributed by atoms with Gasteiger partial charge in [-0.25, -0.2) is 0 Å². The topological polar surface area (TPSA) is 33.6 Å². The third-order valence-corrected chi connectivity index (χ3v) is 2.25. The smallest absolute Gasteiger partial charge is 0.120 e. The van der Waals surface area contributed by atoms with E-state index in [9.17, 15) is 0 Å². The second-order valence-electron chi connectivity index (χ2n) is 3.30. The first kappa shape index (κ1) is 9.77. The van der Waals surface area contributed by atoms with Crippen molar-refractivity contribution in [3.05, 3.63) is 35.9 Å². The van der Waals surface area contributed by atoms with E-state index in [2.05, 4.69) is 10.3 Å². The highest BCUT2D eigenvalue weighted by molar-refractivity contribution is 5.97. The van der Waals surface area contributed by atoms with E-state index in [1.807, 2.05) is 36.4 Å². The van der Waals surface area contributed by atoms with Gasteiger partial charge in [0.05, 0.1) is 13.7 Å². The normalized spacial score (nSPS) is 15.1. The minimum atomic E-state index is 0.877. The fourth-order valence-corrected chi connectivity index (χ4v) is 1.42. The number of amidine groups is 1. The maximum atomic E-state index is 5.09. The third-order valence-electron chi connectivity index (χ3n) is 2.25. The second kappa shape index (κ2) is 4.64. The Morgan fingerprint density at radius 1 is 1.27 bits per heavy atom. The molecule has 0 aliphatic carbocycles. The fraction of sp³-hybridized carbons (Fsp3) is 0.250. The Hall–Kier alpha value is -1.77. The summed E-state index contributed by atoms with van der Waals surface area (Å²) in [5.41, 5.74) is 1.15. The molecule has 2 rings (SSSR count). The van der Waals surface area contributed by atoms with Gasteiger partial charge >= 0.3 is 0 Å². The first-order valence-corrected chi connectivity index (χ1v) is 4.99. The molecular formula is C12H14N2O. The number of methoxy groups -OCH3 is 1. The zero-order chi connectivity index (χ0) is 10.5. The molecule has 1 N–H and O–H groups in total. The van der Waals surface area contributed by atoms with Gasteiger partial charge in [0.1, 0.15) is 11.6 Å². The maximum absolute atomic E-state index is 5.09. The Kier molecular flexibility index (Phi) is 3.02. The van der Waals surface area contributed by atoms with Crippen molar-refractivity contribution in [3.8, 4) is 5.75 Å². The number of nitrogens with zero attached hydrogens (tertiary/aromatic N) is 1. The predicted molar refractivity (Wildman–Crippen MR) is 62.3 cm³/mol. The SMILES string of the molecule is COc1ccc(C=CC2=NCCN2)cc1. The summed E-state index contributed by atoms with van der Waals surface area (Å²) in [5, 5.41) is 3.19.